The van der Waals surface area contributed by atoms with Crippen LogP contribution in [0.25, 0.3) is 11.0 Å². The Morgan fingerprint density at radius 3 is 2.95 bits per heavy atom. The minimum Gasteiger partial charge on any atom is -0.733 e. The number of rotatable bonds is 2. The third-order valence-electron chi connectivity index (χ3n) is 3.74. The largest absolute Gasteiger partial charge is 0.733 e. The third-order valence-corrected chi connectivity index (χ3v) is 5.29. The van der Waals surface area contributed by atoms with Crippen LogP contribution in [-0.4, -0.2) is 14.8 Å². The predicted molar refractivity (Wildman–Crippen MR) is 88.3 cm³/mol. The number of halogens is 1. The summed E-state index contributed by atoms with van der Waals surface area (Å²) < 4.78 is 2.14. The Labute approximate surface area is 135 Å². The van der Waals surface area contributed by atoms with E-state index in [2.05, 4.69) is 9.55 Å². The highest BCUT2D eigenvalue weighted by Gasteiger charge is 2.29. The highest BCUT2D eigenvalue weighted by molar-refractivity contribution is 7.99. The number of para-hydroxylation sites is 2. The van der Waals surface area contributed by atoms with Gasteiger partial charge < -0.3 is 15.0 Å². The number of aromatic nitrogens is 2. The van der Waals surface area contributed by atoms with E-state index in [1.807, 2.05) is 24.3 Å². The van der Waals surface area contributed by atoms with Crippen molar-refractivity contribution in [2.45, 2.75) is 11.1 Å². The van der Waals surface area contributed by atoms with Crippen LogP contribution in [0.1, 0.15) is 16.8 Å². The molecule has 1 N–H and O–H groups in total. The lowest BCUT2D eigenvalue weighted by molar-refractivity contribution is 0.296. The minimum atomic E-state index is -0.146. The number of hydrogen-bond acceptors (Lipinski definition) is 5. The quantitative estimate of drug-likeness (QED) is 0.713. The molecule has 0 spiro atoms. The molecule has 0 radical (unpaired) electrons. The smallest absolute Gasteiger partial charge is 0.121 e. The highest BCUT2D eigenvalue weighted by atomic mass is 35.5. The number of benzene rings is 2. The molecule has 0 fully saturated rings. The molecule has 0 bridgehead atoms. The summed E-state index contributed by atoms with van der Waals surface area (Å²) in [7, 11) is 0. The van der Waals surface area contributed by atoms with E-state index in [4.69, 9.17) is 16.8 Å². The molecule has 2 heterocycles. The predicted octanol–water partition coefficient (Wildman–Crippen LogP) is 4.18. The third kappa shape index (κ3) is 2.07. The van der Waals surface area contributed by atoms with Crippen molar-refractivity contribution in [1.29, 1.82) is 0 Å². The van der Waals surface area contributed by atoms with Crippen molar-refractivity contribution in [2.75, 3.05) is 5.23 Å². The first-order chi connectivity index (χ1) is 10.6. The molecule has 1 unspecified atom stereocenters. The van der Waals surface area contributed by atoms with Gasteiger partial charge in [-0.1, -0.05) is 23.7 Å². The second-order valence-electron chi connectivity index (χ2n) is 5.03. The van der Waals surface area contributed by atoms with Crippen LogP contribution in [0, 0.1) is 5.21 Å². The number of hydrogen-bond donors (Lipinski definition) is 1. The topological polar surface area (TPSA) is 64.3 Å². The molecule has 0 saturated carbocycles. The molecule has 3 aromatic rings. The van der Waals surface area contributed by atoms with Gasteiger partial charge in [-0.25, -0.2) is 4.98 Å². The van der Waals surface area contributed by atoms with Crippen LogP contribution in [0.3, 0.4) is 0 Å². The van der Waals surface area contributed by atoms with Gasteiger partial charge in [0.2, 0.25) is 0 Å². The first-order valence-corrected chi connectivity index (χ1v) is 8.11. The van der Waals surface area contributed by atoms with Gasteiger partial charge in [-0.3, -0.25) is 5.21 Å². The Bertz CT molecular complexity index is 865. The van der Waals surface area contributed by atoms with Crippen molar-refractivity contribution in [3.05, 3.63) is 64.1 Å². The Hall–Kier alpha value is -1.73. The van der Waals surface area contributed by atoms with Crippen LogP contribution >= 0.6 is 23.4 Å². The molecular formula is C15H11ClN3O2S-. The second kappa shape index (κ2) is 5.17. The molecule has 2 aromatic carbocycles. The van der Waals surface area contributed by atoms with Crippen LogP contribution < -0.4 is 5.23 Å². The van der Waals surface area contributed by atoms with Crippen LogP contribution in [0.5, 0.6) is 0 Å². The SMILES string of the molecule is [O-]N(O)c1ccc(Cl)c(C2SCc3nc4ccccc4n32)c1. The molecule has 1 aromatic heterocycles. The molecule has 0 aliphatic carbocycles. The van der Waals surface area contributed by atoms with Gasteiger partial charge in [0.15, 0.2) is 0 Å². The molecule has 0 amide bonds. The van der Waals surface area contributed by atoms with Crippen molar-refractivity contribution in [3.8, 4) is 0 Å². The maximum absolute atomic E-state index is 11.1. The van der Waals surface area contributed by atoms with Crippen molar-refractivity contribution in [3.63, 3.8) is 0 Å². The van der Waals surface area contributed by atoms with E-state index in [9.17, 15) is 5.21 Å². The minimum absolute atomic E-state index is 0.0604. The molecule has 5 nitrogen and oxygen atoms in total. The summed E-state index contributed by atoms with van der Waals surface area (Å²) in [5, 5.41) is 20.6. The van der Waals surface area contributed by atoms with Crippen LogP contribution in [0.15, 0.2) is 42.5 Å². The van der Waals surface area contributed by atoms with E-state index in [1.165, 1.54) is 6.07 Å². The van der Waals surface area contributed by atoms with Gasteiger partial charge >= 0.3 is 0 Å². The molecular weight excluding hydrogens is 322 g/mol. The number of thioether (sulfide) groups is 1. The average Bonchev–Trinajstić information content (AvgIpc) is 3.06. The monoisotopic (exact) mass is 332 g/mol. The summed E-state index contributed by atoms with van der Waals surface area (Å²) in [5.41, 5.74) is 2.94. The molecule has 1 atom stereocenters. The summed E-state index contributed by atoms with van der Waals surface area (Å²) in [5.74, 6) is 1.76. The fourth-order valence-corrected chi connectivity index (χ4v) is 4.31. The molecule has 1 aliphatic heterocycles. The number of imidazole rings is 1. The van der Waals surface area contributed by atoms with Crippen molar-refractivity contribution in [1.82, 2.24) is 9.55 Å². The van der Waals surface area contributed by atoms with E-state index in [0.29, 0.717) is 5.02 Å². The normalized spacial score (nSPS) is 17.0. The lowest BCUT2D eigenvalue weighted by atomic mass is 10.2. The van der Waals surface area contributed by atoms with Crippen LogP contribution in [0.2, 0.25) is 5.02 Å². The van der Waals surface area contributed by atoms with Crippen molar-refractivity contribution < 1.29 is 5.21 Å². The molecule has 22 heavy (non-hydrogen) atoms. The Kier molecular flexibility index (Phi) is 3.27. The van der Waals surface area contributed by atoms with Crippen LogP contribution in [-0.2, 0) is 5.75 Å². The summed E-state index contributed by atoms with van der Waals surface area (Å²) in [6, 6.07) is 12.7. The summed E-state index contributed by atoms with van der Waals surface area (Å²) in [6.07, 6.45) is 0. The summed E-state index contributed by atoms with van der Waals surface area (Å²) in [6.45, 7) is 0. The van der Waals surface area contributed by atoms with Crippen molar-refractivity contribution >= 4 is 40.1 Å². The summed E-state index contributed by atoms with van der Waals surface area (Å²) in [4.78, 5) is 4.63. The maximum atomic E-state index is 11.1. The molecule has 4 rings (SSSR count). The van der Waals surface area contributed by atoms with Gasteiger partial charge in [-0.2, -0.15) is 0 Å². The van der Waals surface area contributed by atoms with Gasteiger partial charge in [0.05, 0.1) is 22.5 Å². The van der Waals surface area contributed by atoms with E-state index in [1.54, 1.807) is 23.9 Å². The van der Waals surface area contributed by atoms with Crippen molar-refractivity contribution in [2.24, 2.45) is 0 Å². The lowest BCUT2D eigenvalue weighted by Crippen LogP contribution is -2.09. The van der Waals surface area contributed by atoms with E-state index in [0.717, 1.165) is 28.2 Å². The molecule has 112 valence electrons. The first kappa shape index (κ1) is 13.9. The molecule has 1 aliphatic rings. The number of fused-ring (bicyclic) bond motifs is 3. The van der Waals surface area contributed by atoms with E-state index >= 15 is 0 Å². The second-order valence-corrected chi connectivity index (χ2v) is 6.50. The average molecular weight is 333 g/mol. The van der Waals surface area contributed by atoms with Gasteiger partial charge in [-0.05, 0) is 30.3 Å². The Morgan fingerprint density at radius 2 is 2.14 bits per heavy atom. The summed E-state index contributed by atoms with van der Waals surface area (Å²) >= 11 is 8.01. The van der Waals surface area contributed by atoms with Crippen LogP contribution in [0.4, 0.5) is 5.69 Å². The Balaban J connectivity index is 1.89. The molecule has 7 heteroatoms. The fraction of sp³-hybridized carbons (Fsp3) is 0.133. The highest BCUT2D eigenvalue weighted by Crippen LogP contribution is 2.45. The van der Waals surface area contributed by atoms with Gasteiger partial charge in [0.1, 0.15) is 11.2 Å². The van der Waals surface area contributed by atoms with E-state index in [-0.39, 0.29) is 16.3 Å². The number of anilines is 1. The molecule has 0 saturated heterocycles. The van der Waals surface area contributed by atoms with E-state index < -0.39 is 0 Å². The maximum Gasteiger partial charge on any atom is 0.121 e. The van der Waals surface area contributed by atoms with Gasteiger partial charge in [-0.15, -0.1) is 11.8 Å². The van der Waals surface area contributed by atoms with Gasteiger partial charge in [0, 0.05) is 10.6 Å². The van der Waals surface area contributed by atoms with Gasteiger partial charge in [0.25, 0.3) is 0 Å². The number of nitrogens with zero attached hydrogens (tertiary/aromatic N) is 3. The zero-order chi connectivity index (χ0) is 15.3. The fourth-order valence-electron chi connectivity index (χ4n) is 2.75. The zero-order valence-electron chi connectivity index (χ0n) is 11.3. The first-order valence-electron chi connectivity index (χ1n) is 6.68. The Morgan fingerprint density at radius 1 is 1.32 bits per heavy atom. The standard InChI is InChI=1S/C15H11ClN3O2S/c16-11-6-5-9(19(20)21)7-10(11)15-18-13-4-2-1-3-12(13)17-14(18)8-22-15/h1-7,15,20H,8H2/q-1. The lowest BCUT2D eigenvalue weighted by Gasteiger charge is -2.24. The zero-order valence-corrected chi connectivity index (χ0v) is 12.9.